The lowest BCUT2D eigenvalue weighted by Gasteiger charge is -2.13. The zero-order valence-electron chi connectivity index (χ0n) is 10.9. The molecule has 1 rings (SSSR count). The van der Waals surface area contributed by atoms with E-state index >= 15 is 0 Å². The fourth-order valence-corrected chi connectivity index (χ4v) is 2.84. The fourth-order valence-electron chi connectivity index (χ4n) is 1.58. The molecule has 0 spiro atoms. The van der Waals surface area contributed by atoms with E-state index in [0.29, 0.717) is 12.2 Å². The van der Waals surface area contributed by atoms with Gasteiger partial charge in [0, 0.05) is 6.07 Å². The van der Waals surface area contributed by atoms with Crippen molar-refractivity contribution in [2.45, 2.75) is 44.9 Å². The summed E-state index contributed by atoms with van der Waals surface area (Å²) in [7, 11) is -3.75. The van der Waals surface area contributed by atoms with Crippen LogP contribution in [0.15, 0.2) is 10.6 Å². The fraction of sp³-hybridized carbons (Fsp3) is 0.636. The summed E-state index contributed by atoms with van der Waals surface area (Å²) < 4.78 is 30.6. The summed E-state index contributed by atoms with van der Waals surface area (Å²) in [4.78, 5) is 11.0. The number of carboxylic acids is 1. The summed E-state index contributed by atoms with van der Waals surface area (Å²) in [6, 6.07) is 0.402. The van der Waals surface area contributed by atoms with E-state index in [0.717, 1.165) is 6.42 Å². The topological polar surface area (TPSA) is 110 Å². The standard InChI is InChI=1S/C11H18N2O5S/c1-3-4-5-10(11(14)15)13-19(16,17)7-9-6-8(2)18-12-9/h6,10,13H,3-5,7H2,1-2H3,(H,14,15). The first-order valence-electron chi connectivity index (χ1n) is 5.99. The van der Waals surface area contributed by atoms with Crippen LogP contribution in [-0.4, -0.2) is 30.7 Å². The molecule has 8 heteroatoms. The molecule has 0 aliphatic rings. The SMILES string of the molecule is CCCCC(NS(=O)(=O)Cc1cc(C)on1)C(=O)O. The van der Waals surface area contributed by atoms with E-state index in [1.54, 1.807) is 6.92 Å². The molecule has 1 atom stereocenters. The number of sulfonamides is 1. The molecule has 108 valence electrons. The van der Waals surface area contributed by atoms with Crippen molar-refractivity contribution in [1.29, 1.82) is 0 Å². The molecule has 1 unspecified atom stereocenters. The van der Waals surface area contributed by atoms with Crippen LogP contribution >= 0.6 is 0 Å². The lowest BCUT2D eigenvalue weighted by atomic mass is 10.1. The first-order valence-corrected chi connectivity index (χ1v) is 7.64. The first-order chi connectivity index (χ1) is 8.84. The van der Waals surface area contributed by atoms with E-state index in [1.165, 1.54) is 6.07 Å². The third kappa shape index (κ3) is 5.39. The molecule has 0 bridgehead atoms. The van der Waals surface area contributed by atoms with Crippen molar-refractivity contribution in [2.75, 3.05) is 0 Å². The number of aryl methyl sites for hydroxylation is 1. The van der Waals surface area contributed by atoms with Crippen LogP contribution in [0.1, 0.15) is 37.6 Å². The van der Waals surface area contributed by atoms with E-state index in [1.807, 2.05) is 6.92 Å². The minimum absolute atomic E-state index is 0.254. The van der Waals surface area contributed by atoms with Crippen molar-refractivity contribution in [3.05, 3.63) is 17.5 Å². The van der Waals surface area contributed by atoms with Gasteiger partial charge in [-0.2, -0.15) is 0 Å². The largest absolute Gasteiger partial charge is 0.480 e. The zero-order valence-corrected chi connectivity index (χ0v) is 11.7. The summed E-state index contributed by atoms with van der Waals surface area (Å²) in [5.41, 5.74) is 0.254. The Kier molecular flexibility index (Phi) is 5.49. The predicted molar refractivity (Wildman–Crippen MR) is 67.9 cm³/mol. The summed E-state index contributed by atoms with van der Waals surface area (Å²) in [5.74, 6) is -1.06. The molecular formula is C11H18N2O5S. The van der Waals surface area contributed by atoms with Crippen molar-refractivity contribution in [1.82, 2.24) is 9.88 Å². The molecule has 19 heavy (non-hydrogen) atoms. The smallest absolute Gasteiger partial charge is 0.321 e. The second kappa shape index (κ2) is 6.67. The Bertz CT molecular complexity index is 523. The molecule has 0 aliphatic carbocycles. The van der Waals surface area contributed by atoms with Gasteiger partial charge in [0.2, 0.25) is 10.0 Å². The summed E-state index contributed by atoms with van der Waals surface area (Å²) in [6.07, 6.45) is 1.71. The molecule has 0 saturated heterocycles. The zero-order chi connectivity index (χ0) is 14.5. The summed E-state index contributed by atoms with van der Waals surface area (Å²) in [5, 5.41) is 12.5. The van der Waals surface area contributed by atoms with Gasteiger partial charge in [0.15, 0.2) is 0 Å². The predicted octanol–water partition coefficient (Wildman–Crippen LogP) is 1.05. The third-order valence-corrected chi connectivity index (χ3v) is 3.80. The van der Waals surface area contributed by atoms with Gasteiger partial charge in [-0.15, -0.1) is 0 Å². The number of aromatic nitrogens is 1. The van der Waals surface area contributed by atoms with Crippen LogP contribution in [0.4, 0.5) is 0 Å². The highest BCUT2D eigenvalue weighted by atomic mass is 32.2. The molecule has 0 aliphatic heterocycles. The van der Waals surface area contributed by atoms with Crippen molar-refractivity contribution < 1.29 is 22.8 Å². The van der Waals surface area contributed by atoms with Crippen LogP contribution < -0.4 is 4.72 Å². The Morgan fingerprint density at radius 1 is 1.58 bits per heavy atom. The van der Waals surface area contributed by atoms with E-state index < -0.39 is 22.0 Å². The van der Waals surface area contributed by atoms with Gasteiger partial charge in [0.1, 0.15) is 23.2 Å². The molecule has 0 radical (unpaired) electrons. The molecule has 2 N–H and O–H groups in total. The maximum atomic E-state index is 11.8. The van der Waals surface area contributed by atoms with Gasteiger partial charge in [0.25, 0.3) is 0 Å². The highest BCUT2D eigenvalue weighted by molar-refractivity contribution is 7.88. The summed E-state index contributed by atoms with van der Waals surface area (Å²) in [6.45, 7) is 3.56. The van der Waals surface area contributed by atoms with E-state index in [4.69, 9.17) is 9.63 Å². The Labute approximate surface area is 112 Å². The lowest BCUT2D eigenvalue weighted by Crippen LogP contribution is -2.41. The van der Waals surface area contributed by atoms with Crippen LogP contribution in [0.5, 0.6) is 0 Å². The van der Waals surface area contributed by atoms with E-state index in [2.05, 4.69) is 9.88 Å². The quantitative estimate of drug-likeness (QED) is 0.740. The number of nitrogens with zero attached hydrogens (tertiary/aromatic N) is 1. The number of carboxylic acid groups (broad SMARTS) is 1. The molecule has 1 aromatic rings. The number of hydrogen-bond acceptors (Lipinski definition) is 5. The Balaban J connectivity index is 2.68. The van der Waals surface area contributed by atoms with Crippen molar-refractivity contribution in [3.8, 4) is 0 Å². The Morgan fingerprint density at radius 3 is 2.74 bits per heavy atom. The molecule has 7 nitrogen and oxygen atoms in total. The molecule has 0 fully saturated rings. The van der Waals surface area contributed by atoms with Crippen molar-refractivity contribution in [2.24, 2.45) is 0 Å². The number of aliphatic carboxylic acids is 1. The van der Waals surface area contributed by atoms with Crippen LogP contribution in [0, 0.1) is 6.92 Å². The number of carbonyl (C=O) groups is 1. The molecule has 0 aromatic carbocycles. The van der Waals surface area contributed by atoms with Gasteiger partial charge in [-0.1, -0.05) is 24.9 Å². The minimum Gasteiger partial charge on any atom is -0.480 e. The van der Waals surface area contributed by atoms with Gasteiger partial charge in [-0.05, 0) is 13.3 Å². The van der Waals surface area contributed by atoms with Gasteiger partial charge in [-0.3, -0.25) is 4.79 Å². The van der Waals surface area contributed by atoms with E-state index in [9.17, 15) is 13.2 Å². The molecule has 0 saturated carbocycles. The maximum Gasteiger partial charge on any atom is 0.321 e. The second-order valence-electron chi connectivity index (χ2n) is 4.34. The van der Waals surface area contributed by atoms with Crippen LogP contribution in [0.3, 0.4) is 0 Å². The first kappa shape index (κ1) is 15.6. The van der Waals surface area contributed by atoms with Crippen LogP contribution in [0.2, 0.25) is 0 Å². The van der Waals surface area contributed by atoms with Gasteiger partial charge in [0.05, 0.1) is 0 Å². The highest BCUT2D eigenvalue weighted by Gasteiger charge is 2.24. The third-order valence-electron chi connectivity index (χ3n) is 2.48. The number of unbranched alkanes of at least 4 members (excludes halogenated alkanes) is 1. The van der Waals surface area contributed by atoms with Gasteiger partial charge in [-0.25, -0.2) is 13.1 Å². The second-order valence-corrected chi connectivity index (χ2v) is 6.09. The molecular weight excluding hydrogens is 272 g/mol. The molecule has 1 aromatic heterocycles. The molecule has 1 heterocycles. The summed E-state index contributed by atoms with van der Waals surface area (Å²) >= 11 is 0. The van der Waals surface area contributed by atoms with Crippen LogP contribution in [-0.2, 0) is 20.6 Å². The van der Waals surface area contributed by atoms with Crippen LogP contribution in [0.25, 0.3) is 0 Å². The minimum atomic E-state index is -3.75. The average Bonchev–Trinajstić information content (AvgIpc) is 2.68. The maximum absolute atomic E-state index is 11.8. The lowest BCUT2D eigenvalue weighted by molar-refractivity contribution is -0.139. The number of hydrogen-bond donors (Lipinski definition) is 2. The average molecular weight is 290 g/mol. The monoisotopic (exact) mass is 290 g/mol. The normalized spacial score (nSPS) is 13.4. The van der Waals surface area contributed by atoms with Crippen molar-refractivity contribution in [3.63, 3.8) is 0 Å². The number of rotatable bonds is 8. The van der Waals surface area contributed by atoms with E-state index in [-0.39, 0.29) is 17.9 Å². The Morgan fingerprint density at radius 2 is 2.26 bits per heavy atom. The Hall–Kier alpha value is -1.41. The number of nitrogens with one attached hydrogen (secondary N) is 1. The highest BCUT2D eigenvalue weighted by Crippen LogP contribution is 2.08. The van der Waals surface area contributed by atoms with Crippen molar-refractivity contribution >= 4 is 16.0 Å². The molecule has 0 amide bonds. The van der Waals surface area contributed by atoms with Gasteiger partial charge < -0.3 is 9.63 Å². The van der Waals surface area contributed by atoms with Gasteiger partial charge >= 0.3 is 5.97 Å².